The first-order valence-corrected chi connectivity index (χ1v) is 12.6. The predicted octanol–water partition coefficient (Wildman–Crippen LogP) is 5.82. The highest BCUT2D eigenvalue weighted by molar-refractivity contribution is 9.11. The first-order valence-electron chi connectivity index (χ1n) is 11.0. The number of ether oxygens (including phenoxy) is 2. The summed E-state index contributed by atoms with van der Waals surface area (Å²) in [6, 6.07) is 3.75. The van der Waals surface area contributed by atoms with Crippen LogP contribution in [-0.4, -0.2) is 36.8 Å². The molecule has 2 unspecified atom stereocenters. The Kier molecular flexibility index (Phi) is 10.9. The molecule has 34 heavy (non-hydrogen) atoms. The lowest BCUT2D eigenvalue weighted by molar-refractivity contribution is -0.123. The average molecular weight is 575 g/mol. The van der Waals surface area contributed by atoms with E-state index in [2.05, 4.69) is 31.8 Å². The SMILES string of the molecule is CCOC1=C(OC(C)C)C(Br)=CC(C=NNC(=O)C(NC(=O)c2ccc(Cl)c(Cl)c2)C(C)C)C1. The summed E-state index contributed by atoms with van der Waals surface area (Å²) in [5, 5.41) is 7.46. The highest BCUT2D eigenvalue weighted by Gasteiger charge is 2.26. The van der Waals surface area contributed by atoms with Gasteiger partial charge in [-0.05, 0) is 60.8 Å². The summed E-state index contributed by atoms with van der Waals surface area (Å²) in [6.45, 7) is 9.99. The maximum Gasteiger partial charge on any atom is 0.262 e. The molecule has 1 aromatic carbocycles. The van der Waals surface area contributed by atoms with E-state index in [1.165, 1.54) is 12.1 Å². The number of benzene rings is 1. The molecule has 2 atom stereocenters. The quantitative estimate of drug-likeness (QED) is 0.272. The maximum absolute atomic E-state index is 12.8. The van der Waals surface area contributed by atoms with Crippen LogP contribution in [0.15, 0.2) is 45.4 Å². The van der Waals surface area contributed by atoms with Crippen molar-refractivity contribution in [3.8, 4) is 0 Å². The van der Waals surface area contributed by atoms with Crippen molar-refractivity contribution in [2.75, 3.05) is 6.61 Å². The smallest absolute Gasteiger partial charge is 0.262 e. The Morgan fingerprint density at radius 1 is 1.24 bits per heavy atom. The zero-order valence-electron chi connectivity index (χ0n) is 19.8. The van der Waals surface area contributed by atoms with Gasteiger partial charge in [-0.25, -0.2) is 5.43 Å². The second-order valence-electron chi connectivity index (χ2n) is 8.31. The topological polar surface area (TPSA) is 89.0 Å². The molecule has 0 aliphatic heterocycles. The number of amides is 2. The standard InChI is InChI=1S/C24H30BrCl2N3O4/c1-6-33-20-10-15(9-17(25)22(20)34-14(4)5)12-28-30-24(32)21(13(2)3)29-23(31)16-7-8-18(26)19(27)11-16/h7-9,11-15,21H,6,10H2,1-5H3,(H,29,31)(H,30,32). The molecule has 2 rings (SSSR count). The number of hydrogen-bond donors (Lipinski definition) is 2. The van der Waals surface area contributed by atoms with E-state index in [9.17, 15) is 9.59 Å². The molecule has 7 nitrogen and oxygen atoms in total. The minimum absolute atomic E-state index is 0.00277. The van der Waals surface area contributed by atoms with Crippen LogP contribution in [-0.2, 0) is 14.3 Å². The Morgan fingerprint density at radius 3 is 2.53 bits per heavy atom. The molecular formula is C24H30BrCl2N3O4. The van der Waals surface area contributed by atoms with E-state index in [0.29, 0.717) is 29.4 Å². The minimum Gasteiger partial charge on any atom is -0.494 e. The Bertz CT molecular complexity index is 992. The lowest BCUT2D eigenvalue weighted by atomic mass is 9.99. The van der Waals surface area contributed by atoms with Gasteiger partial charge < -0.3 is 14.8 Å². The Balaban J connectivity index is 2.04. The van der Waals surface area contributed by atoms with Gasteiger partial charge in [0.25, 0.3) is 11.8 Å². The molecule has 0 saturated heterocycles. The fourth-order valence-electron chi connectivity index (χ4n) is 3.18. The van der Waals surface area contributed by atoms with Gasteiger partial charge in [0.2, 0.25) is 0 Å². The molecule has 0 saturated carbocycles. The Morgan fingerprint density at radius 2 is 1.94 bits per heavy atom. The number of allylic oxidation sites excluding steroid dienone is 3. The third kappa shape index (κ3) is 8.03. The van der Waals surface area contributed by atoms with Crippen LogP contribution in [0.4, 0.5) is 0 Å². The largest absolute Gasteiger partial charge is 0.494 e. The summed E-state index contributed by atoms with van der Waals surface area (Å²) in [6.07, 6.45) is 4.12. The van der Waals surface area contributed by atoms with Crippen LogP contribution >= 0.6 is 39.1 Å². The van der Waals surface area contributed by atoms with Crippen LogP contribution in [0.25, 0.3) is 0 Å². The second-order valence-corrected chi connectivity index (χ2v) is 9.98. The normalized spacial score (nSPS) is 17.1. The van der Waals surface area contributed by atoms with Crippen LogP contribution in [0.5, 0.6) is 0 Å². The van der Waals surface area contributed by atoms with Gasteiger partial charge in [-0.15, -0.1) is 0 Å². The highest BCUT2D eigenvalue weighted by atomic mass is 79.9. The van der Waals surface area contributed by atoms with Crippen LogP contribution in [0.1, 0.15) is 51.4 Å². The lowest BCUT2D eigenvalue weighted by Crippen LogP contribution is -2.48. The predicted molar refractivity (Wildman–Crippen MR) is 139 cm³/mol. The van der Waals surface area contributed by atoms with Crippen molar-refractivity contribution in [3.05, 3.63) is 55.9 Å². The molecular weight excluding hydrogens is 545 g/mol. The van der Waals surface area contributed by atoms with E-state index < -0.39 is 17.9 Å². The average Bonchev–Trinajstić information content (AvgIpc) is 2.75. The van der Waals surface area contributed by atoms with Crippen LogP contribution in [0, 0.1) is 11.8 Å². The number of rotatable bonds is 10. The number of hydrogen-bond acceptors (Lipinski definition) is 5. The lowest BCUT2D eigenvalue weighted by Gasteiger charge is -2.24. The number of carbonyl (C=O) groups is 2. The minimum atomic E-state index is -0.794. The molecule has 2 amide bonds. The summed E-state index contributed by atoms with van der Waals surface area (Å²) in [4.78, 5) is 25.4. The number of nitrogens with zero attached hydrogens (tertiary/aromatic N) is 1. The van der Waals surface area contributed by atoms with Gasteiger partial charge in [-0.1, -0.05) is 43.1 Å². The first-order chi connectivity index (χ1) is 16.0. The zero-order chi connectivity index (χ0) is 25.4. The van der Waals surface area contributed by atoms with Gasteiger partial charge in [0, 0.05) is 24.1 Å². The summed E-state index contributed by atoms with van der Waals surface area (Å²) >= 11 is 15.4. The van der Waals surface area contributed by atoms with Gasteiger partial charge >= 0.3 is 0 Å². The van der Waals surface area contributed by atoms with Gasteiger partial charge in [-0.3, -0.25) is 9.59 Å². The van der Waals surface area contributed by atoms with E-state index in [1.807, 2.05) is 40.7 Å². The molecule has 10 heteroatoms. The van der Waals surface area contributed by atoms with Gasteiger partial charge in [0.15, 0.2) is 5.76 Å². The fourth-order valence-corrected chi connectivity index (χ4v) is 4.13. The molecule has 0 fully saturated rings. The summed E-state index contributed by atoms with van der Waals surface area (Å²) < 4.78 is 12.4. The van der Waals surface area contributed by atoms with Crippen molar-refractivity contribution < 1.29 is 19.1 Å². The molecule has 1 aliphatic carbocycles. The molecule has 0 radical (unpaired) electrons. The fraction of sp³-hybridized carbons (Fsp3) is 0.458. The van der Waals surface area contributed by atoms with E-state index >= 15 is 0 Å². The molecule has 0 heterocycles. The van der Waals surface area contributed by atoms with Crippen molar-refractivity contribution in [3.63, 3.8) is 0 Å². The highest BCUT2D eigenvalue weighted by Crippen LogP contribution is 2.34. The van der Waals surface area contributed by atoms with E-state index in [1.54, 1.807) is 12.3 Å². The molecule has 1 aliphatic rings. The van der Waals surface area contributed by atoms with Crippen molar-refractivity contribution in [1.29, 1.82) is 0 Å². The Labute approximate surface area is 219 Å². The Hall–Kier alpha value is -2.03. The van der Waals surface area contributed by atoms with Crippen molar-refractivity contribution in [2.45, 2.75) is 53.2 Å². The first kappa shape index (κ1) is 28.2. The number of halogens is 3. The number of carbonyl (C=O) groups excluding carboxylic acids is 2. The van der Waals surface area contributed by atoms with Gasteiger partial charge in [0.1, 0.15) is 11.8 Å². The van der Waals surface area contributed by atoms with Crippen LogP contribution in [0.3, 0.4) is 0 Å². The maximum atomic E-state index is 12.8. The molecule has 186 valence electrons. The van der Waals surface area contributed by atoms with E-state index in [4.69, 9.17) is 32.7 Å². The third-order valence-electron chi connectivity index (χ3n) is 4.78. The van der Waals surface area contributed by atoms with E-state index in [-0.39, 0.29) is 23.0 Å². The van der Waals surface area contributed by atoms with Gasteiger partial charge in [0.05, 0.1) is 27.2 Å². The molecule has 0 aromatic heterocycles. The third-order valence-corrected chi connectivity index (χ3v) is 6.15. The van der Waals surface area contributed by atoms with Crippen molar-refractivity contribution in [2.24, 2.45) is 16.9 Å². The summed E-state index contributed by atoms with van der Waals surface area (Å²) in [5.41, 5.74) is 2.84. The number of nitrogens with one attached hydrogen (secondary N) is 2. The number of hydrazone groups is 1. The molecule has 0 spiro atoms. The second kappa shape index (κ2) is 13.2. The van der Waals surface area contributed by atoms with Crippen molar-refractivity contribution in [1.82, 2.24) is 10.7 Å². The van der Waals surface area contributed by atoms with Crippen LogP contribution < -0.4 is 10.7 Å². The summed E-state index contributed by atoms with van der Waals surface area (Å²) in [5.74, 6) is 0.258. The molecule has 2 N–H and O–H groups in total. The van der Waals surface area contributed by atoms with Gasteiger partial charge in [-0.2, -0.15) is 5.10 Å². The monoisotopic (exact) mass is 573 g/mol. The van der Waals surface area contributed by atoms with E-state index in [0.717, 1.165) is 10.2 Å². The van der Waals surface area contributed by atoms with Crippen LogP contribution in [0.2, 0.25) is 10.0 Å². The summed E-state index contributed by atoms with van der Waals surface area (Å²) in [7, 11) is 0. The molecule has 0 bridgehead atoms. The molecule has 1 aromatic rings. The van der Waals surface area contributed by atoms with Crippen molar-refractivity contribution >= 4 is 57.2 Å². The zero-order valence-corrected chi connectivity index (χ0v) is 22.9.